The van der Waals surface area contributed by atoms with E-state index >= 15 is 0 Å². The highest BCUT2D eigenvalue weighted by atomic mass is 16.2. The summed E-state index contributed by atoms with van der Waals surface area (Å²) in [6, 6.07) is 0. The van der Waals surface area contributed by atoms with Crippen LogP contribution >= 0.6 is 0 Å². The molecule has 0 unspecified atom stereocenters. The van der Waals surface area contributed by atoms with E-state index in [0.717, 1.165) is 50.6 Å². The molecule has 1 aromatic rings. The third-order valence-electron chi connectivity index (χ3n) is 4.03. The number of carbonyl (C=O) groups is 1. The minimum absolute atomic E-state index is 0.0134. The van der Waals surface area contributed by atoms with E-state index in [2.05, 4.69) is 29.1 Å². The molecule has 0 saturated carbocycles. The second-order valence-corrected chi connectivity index (χ2v) is 5.74. The summed E-state index contributed by atoms with van der Waals surface area (Å²) in [7, 11) is 0. The van der Waals surface area contributed by atoms with Crippen LogP contribution < -0.4 is 5.32 Å². The molecule has 21 heavy (non-hydrogen) atoms. The molecule has 0 atom stereocenters. The Labute approximate surface area is 127 Å². The van der Waals surface area contributed by atoms with Crippen LogP contribution in [-0.4, -0.2) is 40.4 Å². The monoisotopic (exact) mass is 290 g/mol. The predicted octanol–water partition coefficient (Wildman–Crippen LogP) is 2.95. The number of likely N-dealkylation sites (tertiary alicyclic amines) is 1. The van der Waals surface area contributed by atoms with Crippen molar-refractivity contribution in [2.75, 3.05) is 25.0 Å². The Kier molecular flexibility index (Phi) is 5.96. The summed E-state index contributed by atoms with van der Waals surface area (Å²) >= 11 is 0. The molecule has 0 bridgehead atoms. The lowest BCUT2D eigenvalue weighted by Gasteiger charge is -2.31. The van der Waals surface area contributed by atoms with Crippen LogP contribution in [0.25, 0.3) is 0 Å². The summed E-state index contributed by atoms with van der Waals surface area (Å²) < 4.78 is 0. The number of amides is 1. The highest BCUT2D eigenvalue weighted by molar-refractivity contribution is 5.92. The fourth-order valence-corrected chi connectivity index (χ4v) is 2.78. The van der Waals surface area contributed by atoms with Crippen molar-refractivity contribution in [2.45, 2.75) is 46.0 Å². The fraction of sp³-hybridized carbons (Fsp3) is 0.688. The highest BCUT2D eigenvalue weighted by Gasteiger charge is 2.23. The largest absolute Gasteiger partial charge is 0.369 e. The molecule has 1 amide bonds. The number of hydrogen-bond donors (Lipinski definition) is 1. The Balaban J connectivity index is 1.88. The van der Waals surface area contributed by atoms with Gasteiger partial charge in [-0.25, -0.2) is 9.97 Å². The van der Waals surface area contributed by atoms with Gasteiger partial charge < -0.3 is 10.2 Å². The van der Waals surface area contributed by atoms with Crippen molar-refractivity contribution in [3.63, 3.8) is 0 Å². The smallest absolute Gasteiger partial charge is 0.274 e. The number of carbonyl (C=O) groups excluding carboxylic acids is 1. The van der Waals surface area contributed by atoms with E-state index in [1.807, 2.05) is 4.90 Å². The predicted molar refractivity (Wildman–Crippen MR) is 84.3 cm³/mol. The average molecular weight is 290 g/mol. The molecule has 2 rings (SSSR count). The van der Waals surface area contributed by atoms with E-state index in [9.17, 15) is 4.79 Å². The van der Waals surface area contributed by atoms with Crippen LogP contribution in [0.5, 0.6) is 0 Å². The topological polar surface area (TPSA) is 58.1 Å². The first kappa shape index (κ1) is 15.7. The van der Waals surface area contributed by atoms with Gasteiger partial charge in [-0.3, -0.25) is 4.79 Å². The number of anilines is 1. The molecule has 0 aliphatic carbocycles. The van der Waals surface area contributed by atoms with Crippen LogP contribution in [0.1, 0.15) is 56.4 Å². The zero-order chi connectivity index (χ0) is 15.1. The van der Waals surface area contributed by atoms with Gasteiger partial charge in [0.2, 0.25) is 0 Å². The molecule has 1 aliphatic rings. The maximum Gasteiger partial charge on any atom is 0.274 e. The van der Waals surface area contributed by atoms with Crippen LogP contribution in [-0.2, 0) is 0 Å². The van der Waals surface area contributed by atoms with Crippen molar-refractivity contribution in [2.24, 2.45) is 5.92 Å². The Bertz CT molecular complexity index is 438. The van der Waals surface area contributed by atoms with E-state index < -0.39 is 0 Å². The van der Waals surface area contributed by atoms with Crippen LogP contribution in [0.4, 0.5) is 5.82 Å². The third kappa shape index (κ3) is 4.41. The normalized spacial score (nSPS) is 16.0. The molecule has 5 heteroatoms. The maximum atomic E-state index is 12.4. The highest BCUT2D eigenvalue weighted by Crippen LogP contribution is 2.22. The molecule has 0 radical (unpaired) electrons. The molecule has 2 heterocycles. The lowest BCUT2D eigenvalue weighted by atomic mass is 9.92. The summed E-state index contributed by atoms with van der Waals surface area (Å²) in [6.07, 6.45) is 9.00. The van der Waals surface area contributed by atoms with Crippen LogP contribution in [0, 0.1) is 5.92 Å². The van der Waals surface area contributed by atoms with Gasteiger partial charge in [-0.2, -0.15) is 0 Å². The van der Waals surface area contributed by atoms with Crippen LogP contribution in [0.3, 0.4) is 0 Å². The van der Waals surface area contributed by atoms with Crippen molar-refractivity contribution >= 4 is 11.7 Å². The van der Waals surface area contributed by atoms with Gasteiger partial charge in [-0.1, -0.05) is 26.7 Å². The number of nitrogens with one attached hydrogen (secondary N) is 1. The SMILES string of the molecule is CCCNc1cnc(C(=O)N2CCC(CCC)CC2)cn1. The number of aromatic nitrogens is 2. The van der Waals surface area contributed by atoms with Crippen molar-refractivity contribution in [3.05, 3.63) is 18.1 Å². The first-order valence-corrected chi connectivity index (χ1v) is 8.09. The minimum atomic E-state index is 0.0134. The van der Waals surface area contributed by atoms with Crippen molar-refractivity contribution < 1.29 is 4.79 Å². The maximum absolute atomic E-state index is 12.4. The number of hydrogen-bond acceptors (Lipinski definition) is 4. The molecule has 1 fully saturated rings. The Morgan fingerprint density at radius 3 is 2.57 bits per heavy atom. The van der Waals surface area contributed by atoms with Gasteiger partial charge in [-0.15, -0.1) is 0 Å². The summed E-state index contributed by atoms with van der Waals surface area (Å²) in [5.41, 5.74) is 0.450. The first-order valence-electron chi connectivity index (χ1n) is 8.09. The van der Waals surface area contributed by atoms with Gasteiger partial charge in [0.1, 0.15) is 11.5 Å². The Morgan fingerprint density at radius 2 is 2.00 bits per heavy atom. The van der Waals surface area contributed by atoms with E-state index in [1.165, 1.54) is 12.8 Å². The molecular formula is C16H26N4O. The van der Waals surface area contributed by atoms with Gasteiger partial charge in [0.15, 0.2) is 0 Å². The second kappa shape index (κ2) is 7.96. The number of rotatable bonds is 6. The van der Waals surface area contributed by atoms with Crippen LogP contribution in [0.2, 0.25) is 0 Å². The number of nitrogens with zero attached hydrogens (tertiary/aromatic N) is 3. The van der Waals surface area contributed by atoms with Crippen molar-refractivity contribution in [1.29, 1.82) is 0 Å². The summed E-state index contributed by atoms with van der Waals surface area (Å²) in [6.45, 7) is 6.89. The molecule has 1 N–H and O–H groups in total. The molecule has 0 aromatic carbocycles. The van der Waals surface area contributed by atoms with E-state index in [0.29, 0.717) is 5.69 Å². The van der Waals surface area contributed by atoms with Crippen molar-refractivity contribution in [1.82, 2.24) is 14.9 Å². The van der Waals surface area contributed by atoms with E-state index in [4.69, 9.17) is 0 Å². The molecular weight excluding hydrogens is 264 g/mol. The minimum Gasteiger partial charge on any atom is -0.369 e. The van der Waals surface area contributed by atoms with Gasteiger partial charge in [0.25, 0.3) is 5.91 Å². The van der Waals surface area contributed by atoms with Crippen molar-refractivity contribution in [3.8, 4) is 0 Å². The standard InChI is InChI=1S/C16H26N4O/c1-3-5-13-6-9-20(10-7-13)16(21)14-11-19-15(12-18-14)17-8-4-2/h11-13H,3-10H2,1-2H3,(H,17,19). The van der Waals surface area contributed by atoms with E-state index in [1.54, 1.807) is 12.4 Å². The Hall–Kier alpha value is -1.65. The quantitative estimate of drug-likeness (QED) is 0.875. The molecule has 1 saturated heterocycles. The molecule has 1 aliphatic heterocycles. The molecule has 116 valence electrons. The van der Waals surface area contributed by atoms with Crippen LogP contribution in [0.15, 0.2) is 12.4 Å². The zero-order valence-corrected chi connectivity index (χ0v) is 13.1. The zero-order valence-electron chi connectivity index (χ0n) is 13.1. The molecule has 5 nitrogen and oxygen atoms in total. The van der Waals surface area contributed by atoms with Gasteiger partial charge in [0.05, 0.1) is 12.4 Å². The average Bonchev–Trinajstić information content (AvgIpc) is 2.54. The fourth-order valence-electron chi connectivity index (χ4n) is 2.78. The molecule has 0 spiro atoms. The lowest BCUT2D eigenvalue weighted by Crippen LogP contribution is -2.38. The van der Waals surface area contributed by atoms with Gasteiger partial charge in [-0.05, 0) is 25.2 Å². The summed E-state index contributed by atoms with van der Waals surface area (Å²) in [5, 5.41) is 3.16. The van der Waals surface area contributed by atoms with Gasteiger partial charge in [0, 0.05) is 19.6 Å². The van der Waals surface area contributed by atoms with E-state index in [-0.39, 0.29) is 5.91 Å². The molecule has 1 aromatic heterocycles. The second-order valence-electron chi connectivity index (χ2n) is 5.74. The third-order valence-corrected chi connectivity index (χ3v) is 4.03. The Morgan fingerprint density at radius 1 is 1.24 bits per heavy atom. The number of piperidine rings is 1. The summed E-state index contributed by atoms with van der Waals surface area (Å²) in [4.78, 5) is 22.8. The lowest BCUT2D eigenvalue weighted by molar-refractivity contribution is 0.0680. The summed E-state index contributed by atoms with van der Waals surface area (Å²) in [5.74, 6) is 1.53. The van der Waals surface area contributed by atoms with Gasteiger partial charge >= 0.3 is 0 Å². The first-order chi connectivity index (χ1) is 10.2.